The van der Waals surface area contributed by atoms with Gasteiger partial charge in [0.15, 0.2) is 12.6 Å². The highest BCUT2D eigenvalue weighted by Crippen LogP contribution is 2.38. The highest BCUT2D eigenvalue weighted by molar-refractivity contribution is 6.30. The molecule has 2 heterocycles. The molecule has 174 valence electrons. The standard InChI is InChI=1S/C28H25ClO5/c1-16(2)19-6-4-18(5-7-19)9-25-27(30)26-17(3)8-23(12-24(26)34-25)32-14-21-11-22(29)10-20-13-31-15-33-28(20)21/h4-12,16H,13-15H2,1-3H3/b25-9-. The number of carbonyl (C=O) groups excluding carboxylic acids is 1. The van der Waals surface area contributed by atoms with Crippen molar-refractivity contribution in [3.8, 4) is 17.2 Å². The Morgan fingerprint density at radius 3 is 2.68 bits per heavy atom. The minimum atomic E-state index is -0.121. The Hall–Kier alpha value is -3.28. The van der Waals surface area contributed by atoms with Crippen molar-refractivity contribution in [2.75, 3.05) is 6.79 Å². The van der Waals surface area contributed by atoms with Crippen LogP contribution in [-0.4, -0.2) is 12.6 Å². The molecule has 0 N–H and O–H groups in total. The maximum absolute atomic E-state index is 13.0. The van der Waals surface area contributed by atoms with Crippen LogP contribution in [-0.2, 0) is 18.0 Å². The number of fused-ring (bicyclic) bond motifs is 2. The van der Waals surface area contributed by atoms with Gasteiger partial charge in [-0.3, -0.25) is 4.79 Å². The Kier molecular flexibility index (Phi) is 6.07. The molecule has 6 heteroatoms. The van der Waals surface area contributed by atoms with E-state index in [0.29, 0.717) is 40.4 Å². The number of allylic oxidation sites excluding steroid dienone is 1. The van der Waals surface area contributed by atoms with Gasteiger partial charge in [-0.05, 0) is 53.8 Å². The highest BCUT2D eigenvalue weighted by Gasteiger charge is 2.30. The number of halogens is 1. The van der Waals surface area contributed by atoms with Crippen molar-refractivity contribution in [2.45, 2.75) is 39.9 Å². The lowest BCUT2D eigenvalue weighted by molar-refractivity contribution is -0.0175. The number of aryl methyl sites for hydroxylation is 1. The summed E-state index contributed by atoms with van der Waals surface area (Å²) in [7, 11) is 0. The van der Waals surface area contributed by atoms with E-state index >= 15 is 0 Å². The molecule has 0 atom stereocenters. The number of benzene rings is 3. The third-order valence-corrected chi connectivity index (χ3v) is 6.21. The third kappa shape index (κ3) is 4.41. The molecule has 0 aliphatic carbocycles. The van der Waals surface area contributed by atoms with Crippen molar-refractivity contribution in [1.29, 1.82) is 0 Å². The van der Waals surface area contributed by atoms with Crippen molar-refractivity contribution < 1.29 is 23.7 Å². The van der Waals surface area contributed by atoms with Crippen LogP contribution in [0.3, 0.4) is 0 Å². The van der Waals surface area contributed by atoms with Gasteiger partial charge in [0, 0.05) is 22.2 Å². The number of rotatable bonds is 5. The molecule has 0 radical (unpaired) electrons. The van der Waals surface area contributed by atoms with Gasteiger partial charge in [-0.25, -0.2) is 0 Å². The fourth-order valence-electron chi connectivity index (χ4n) is 4.21. The van der Waals surface area contributed by atoms with Crippen molar-refractivity contribution >= 4 is 23.5 Å². The number of hydrogen-bond donors (Lipinski definition) is 0. The van der Waals surface area contributed by atoms with E-state index in [9.17, 15) is 4.79 Å². The predicted molar refractivity (Wildman–Crippen MR) is 131 cm³/mol. The molecule has 0 aromatic heterocycles. The van der Waals surface area contributed by atoms with Crippen molar-refractivity contribution in [3.63, 3.8) is 0 Å². The van der Waals surface area contributed by atoms with Gasteiger partial charge in [0.1, 0.15) is 23.9 Å². The first-order valence-corrected chi connectivity index (χ1v) is 11.6. The van der Waals surface area contributed by atoms with Gasteiger partial charge in [0.2, 0.25) is 5.78 Å². The monoisotopic (exact) mass is 476 g/mol. The molecular weight excluding hydrogens is 452 g/mol. The van der Waals surface area contributed by atoms with E-state index in [1.165, 1.54) is 5.56 Å². The number of Topliss-reactive ketones (excluding diaryl/α,β-unsaturated/α-hetero) is 1. The summed E-state index contributed by atoms with van der Waals surface area (Å²) >= 11 is 6.26. The molecule has 0 saturated heterocycles. The molecule has 0 fully saturated rings. The normalized spacial score (nSPS) is 15.7. The van der Waals surface area contributed by atoms with E-state index < -0.39 is 0 Å². The van der Waals surface area contributed by atoms with Crippen LogP contribution in [0, 0.1) is 6.92 Å². The Morgan fingerprint density at radius 1 is 1.12 bits per heavy atom. The Labute approximate surface area is 203 Å². The second kappa shape index (κ2) is 9.16. The second-order valence-electron chi connectivity index (χ2n) is 8.83. The molecule has 0 saturated carbocycles. The minimum Gasteiger partial charge on any atom is -0.489 e. The molecule has 5 nitrogen and oxygen atoms in total. The Morgan fingerprint density at radius 2 is 1.91 bits per heavy atom. The molecule has 5 rings (SSSR count). The zero-order chi connectivity index (χ0) is 23.8. The first kappa shape index (κ1) is 22.5. The summed E-state index contributed by atoms with van der Waals surface area (Å²) in [5, 5.41) is 0.599. The largest absolute Gasteiger partial charge is 0.489 e. The van der Waals surface area contributed by atoms with Gasteiger partial charge in [-0.2, -0.15) is 0 Å². The minimum absolute atomic E-state index is 0.121. The van der Waals surface area contributed by atoms with Crippen LogP contribution in [0.1, 0.15) is 57.9 Å². The fourth-order valence-corrected chi connectivity index (χ4v) is 4.48. The van der Waals surface area contributed by atoms with Gasteiger partial charge in [0.25, 0.3) is 0 Å². The summed E-state index contributed by atoms with van der Waals surface area (Å²) < 4.78 is 23.0. The van der Waals surface area contributed by atoms with Crippen LogP contribution in [0.5, 0.6) is 17.2 Å². The third-order valence-electron chi connectivity index (χ3n) is 5.99. The van der Waals surface area contributed by atoms with E-state index in [4.69, 9.17) is 30.5 Å². The molecular formula is C28H25ClO5. The van der Waals surface area contributed by atoms with E-state index in [-0.39, 0.29) is 19.2 Å². The molecule has 0 unspecified atom stereocenters. The van der Waals surface area contributed by atoms with Crippen LogP contribution in [0.4, 0.5) is 0 Å². The van der Waals surface area contributed by atoms with Gasteiger partial charge in [-0.1, -0.05) is 49.7 Å². The Balaban J connectivity index is 1.36. The topological polar surface area (TPSA) is 54.0 Å². The van der Waals surface area contributed by atoms with E-state index in [1.807, 2.05) is 37.3 Å². The summed E-state index contributed by atoms with van der Waals surface area (Å²) in [6, 6.07) is 15.4. The summed E-state index contributed by atoms with van der Waals surface area (Å²) in [4.78, 5) is 13.0. The zero-order valence-corrected chi connectivity index (χ0v) is 20.1. The van der Waals surface area contributed by atoms with Crippen LogP contribution < -0.4 is 14.2 Å². The van der Waals surface area contributed by atoms with Crippen molar-refractivity contribution in [3.05, 3.63) is 92.7 Å². The SMILES string of the molecule is Cc1cc(OCc2cc(Cl)cc3c2OCOC3)cc2c1C(=O)/C(=C/c1ccc(C(C)C)cc1)O2. The second-order valence-corrected chi connectivity index (χ2v) is 9.26. The molecule has 0 amide bonds. The molecule has 0 bridgehead atoms. The number of hydrogen-bond acceptors (Lipinski definition) is 5. The predicted octanol–water partition coefficient (Wildman–Crippen LogP) is 6.83. The average Bonchev–Trinajstić information content (AvgIpc) is 3.13. The van der Waals surface area contributed by atoms with E-state index in [0.717, 1.165) is 28.0 Å². The highest BCUT2D eigenvalue weighted by atomic mass is 35.5. The average molecular weight is 477 g/mol. The molecule has 3 aromatic rings. The summed E-state index contributed by atoms with van der Waals surface area (Å²) in [6.07, 6.45) is 1.78. The van der Waals surface area contributed by atoms with Gasteiger partial charge < -0.3 is 18.9 Å². The maximum atomic E-state index is 13.0. The van der Waals surface area contributed by atoms with E-state index in [1.54, 1.807) is 12.1 Å². The number of carbonyl (C=O) groups is 1. The smallest absolute Gasteiger partial charge is 0.232 e. The van der Waals surface area contributed by atoms with Crippen molar-refractivity contribution in [2.24, 2.45) is 0 Å². The van der Waals surface area contributed by atoms with Gasteiger partial charge in [-0.15, -0.1) is 0 Å². The van der Waals surface area contributed by atoms with Gasteiger partial charge in [0.05, 0.1) is 12.2 Å². The quantitative estimate of drug-likeness (QED) is 0.377. The van der Waals surface area contributed by atoms with Crippen molar-refractivity contribution in [1.82, 2.24) is 0 Å². The fraction of sp³-hybridized carbons (Fsp3) is 0.250. The maximum Gasteiger partial charge on any atom is 0.232 e. The number of ether oxygens (including phenoxy) is 4. The molecule has 34 heavy (non-hydrogen) atoms. The van der Waals surface area contributed by atoms with E-state index in [2.05, 4.69) is 26.0 Å². The lowest BCUT2D eigenvalue weighted by Crippen LogP contribution is -2.14. The first-order valence-electron chi connectivity index (χ1n) is 11.2. The molecule has 2 aliphatic rings. The molecule has 3 aromatic carbocycles. The molecule has 2 aliphatic heterocycles. The van der Waals surface area contributed by atoms with Crippen LogP contribution in [0.25, 0.3) is 6.08 Å². The summed E-state index contributed by atoms with van der Waals surface area (Å²) in [5.41, 5.74) is 5.27. The number of ketones is 1. The summed E-state index contributed by atoms with van der Waals surface area (Å²) in [5.74, 6) is 2.49. The van der Waals surface area contributed by atoms with Gasteiger partial charge >= 0.3 is 0 Å². The zero-order valence-electron chi connectivity index (χ0n) is 19.3. The lowest BCUT2D eigenvalue weighted by Gasteiger charge is -2.21. The summed E-state index contributed by atoms with van der Waals surface area (Å²) in [6.45, 7) is 7.10. The first-order chi connectivity index (χ1) is 16.4. The Bertz CT molecular complexity index is 1290. The van der Waals surface area contributed by atoms with Crippen LogP contribution >= 0.6 is 11.6 Å². The van der Waals surface area contributed by atoms with Crippen LogP contribution in [0.2, 0.25) is 5.02 Å². The van der Waals surface area contributed by atoms with Crippen LogP contribution in [0.15, 0.2) is 54.3 Å². The molecule has 0 spiro atoms. The lowest BCUT2D eigenvalue weighted by atomic mass is 10.0.